The van der Waals surface area contributed by atoms with Gasteiger partial charge in [0, 0.05) is 60.2 Å². The lowest BCUT2D eigenvalue weighted by molar-refractivity contribution is -0.0713. The molecule has 0 spiro atoms. The van der Waals surface area contributed by atoms with E-state index < -0.39 is 5.60 Å². The number of nitrogens with zero attached hydrogens (tertiary/aromatic N) is 3. The number of rotatable bonds is 4. The molecule has 2 N–H and O–H groups in total. The molecule has 3 aromatic rings. The van der Waals surface area contributed by atoms with Gasteiger partial charge in [0.05, 0.1) is 0 Å². The number of fused-ring (bicyclic) bond motifs is 3. The fourth-order valence-electron chi connectivity index (χ4n) is 4.64. The second kappa shape index (κ2) is 8.50. The van der Waals surface area contributed by atoms with Gasteiger partial charge >= 0.3 is 0 Å². The summed E-state index contributed by atoms with van der Waals surface area (Å²) in [4.78, 5) is 11.2. The molecular formula is C26H26N4O. The molecule has 3 saturated heterocycles. The normalized spacial score (nSPS) is 24.3. The molecule has 6 rings (SSSR count). The van der Waals surface area contributed by atoms with Crippen molar-refractivity contribution < 1.29 is 5.11 Å². The number of hydrogen-bond donors (Lipinski definition) is 2. The molecule has 0 aliphatic carbocycles. The van der Waals surface area contributed by atoms with Crippen LogP contribution in [0.3, 0.4) is 0 Å². The summed E-state index contributed by atoms with van der Waals surface area (Å²) in [5.41, 5.74) is 3.39. The average molecular weight is 411 g/mol. The zero-order valence-corrected chi connectivity index (χ0v) is 17.5. The summed E-state index contributed by atoms with van der Waals surface area (Å²) in [5, 5.41) is 14.2. The Morgan fingerprint density at radius 2 is 1.90 bits per heavy atom. The molecule has 1 aromatic carbocycles. The van der Waals surface area contributed by atoms with Crippen molar-refractivity contribution in [3.8, 4) is 23.1 Å². The largest absolute Gasteiger partial charge is 0.376 e. The molecule has 0 radical (unpaired) electrons. The third-order valence-electron chi connectivity index (χ3n) is 6.39. The van der Waals surface area contributed by atoms with E-state index in [9.17, 15) is 5.11 Å². The minimum Gasteiger partial charge on any atom is -0.376 e. The third kappa shape index (κ3) is 4.32. The Hall–Kier alpha value is -3.20. The van der Waals surface area contributed by atoms with Gasteiger partial charge in [0.25, 0.3) is 0 Å². The standard InChI is InChI=1S/C26H26N4O/c31-26(19-30-13-8-24(26)9-14-30)10-12-28-25-22(15-20-5-2-1-3-6-20)16-23(18-29-25)21-7-4-11-27-17-21/h1-7,11,16-18,24,31H,8-9,13-15,19H2,(H,28,29). The first kappa shape index (κ1) is 19.7. The summed E-state index contributed by atoms with van der Waals surface area (Å²) in [6.07, 6.45) is 8.24. The van der Waals surface area contributed by atoms with E-state index in [1.165, 1.54) is 5.56 Å². The lowest BCUT2D eigenvalue weighted by atomic mass is 9.76. The van der Waals surface area contributed by atoms with Crippen LogP contribution in [0.4, 0.5) is 5.82 Å². The van der Waals surface area contributed by atoms with Gasteiger partial charge in [0.1, 0.15) is 11.4 Å². The molecule has 3 aliphatic rings. The van der Waals surface area contributed by atoms with Crippen LogP contribution in [0, 0.1) is 17.9 Å². The SMILES string of the molecule is OC1(C#CNc2ncc(-c3cccnc3)cc2Cc2ccccc2)CN2CCC1CC2. The van der Waals surface area contributed by atoms with Gasteiger partial charge in [0.2, 0.25) is 0 Å². The van der Waals surface area contributed by atoms with Crippen molar-refractivity contribution in [3.05, 3.63) is 78.2 Å². The summed E-state index contributed by atoms with van der Waals surface area (Å²) < 4.78 is 0. The Kier molecular flexibility index (Phi) is 5.42. The molecule has 5 heteroatoms. The molecule has 2 aromatic heterocycles. The predicted octanol–water partition coefficient (Wildman–Crippen LogP) is 3.56. The van der Waals surface area contributed by atoms with Crippen LogP contribution < -0.4 is 5.32 Å². The number of anilines is 1. The van der Waals surface area contributed by atoms with Crippen LogP contribution in [0.1, 0.15) is 24.0 Å². The second-order valence-electron chi connectivity index (χ2n) is 8.49. The first-order valence-corrected chi connectivity index (χ1v) is 10.9. The van der Waals surface area contributed by atoms with E-state index in [0.717, 1.165) is 54.9 Å². The van der Waals surface area contributed by atoms with Crippen molar-refractivity contribution in [3.63, 3.8) is 0 Å². The van der Waals surface area contributed by atoms with E-state index in [1.54, 1.807) is 6.20 Å². The summed E-state index contributed by atoms with van der Waals surface area (Å²) >= 11 is 0. The fourth-order valence-corrected chi connectivity index (χ4v) is 4.64. The van der Waals surface area contributed by atoms with Crippen molar-refractivity contribution >= 4 is 5.82 Å². The van der Waals surface area contributed by atoms with Gasteiger partial charge in [-0.3, -0.25) is 15.2 Å². The summed E-state index contributed by atoms with van der Waals surface area (Å²) in [7, 11) is 0. The molecule has 0 saturated carbocycles. The van der Waals surface area contributed by atoms with Gasteiger partial charge < -0.3 is 5.11 Å². The Bertz CT molecular complexity index is 1100. The third-order valence-corrected chi connectivity index (χ3v) is 6.39. The van der Waals surface area contributed by atoms with Gasteiger partial charge in [-0.1, -0.05) is 36.4 Å². The molecule has 0 amide bonds. The molecule has 3 aliphatic heterocycles. The Morgan fingerprint density at radius 3 is 2.61 bits per heavy atom. The van der Waals surface area contributed by atoms with Crippen LogP contribution in [0.5, 0.6) is 0 Å². The molecule has 1 atom stereocenters. The van der Waals surface area contributed by atoms with Crippen LogP contribution in [-0.2, 0) is 6.42 Å². The number of nitrogens with one attached hydrogen (secondary N) is 1. The van der Waals surface area contributed by atoms with Crippen molar-refractivity contribution in [2.24, 2.45) is 5.92 Å². The maximum atomic E-state index is 11.1. The van der Waals surface area contributed by atoms with E-state index in [0.29, 0.717) is 6.54 Å². The van der Waals surface area contributed by atoms with Crippen molar-refractivity contribution in [2.75, 3.05) is 25.0 Å². The fraction of sp³-hybridized carbons (Fsp3) is 0.308. The predicted molar refractivity (Wildman–Crippen MR) is 122 cm³/mol. The van der Waals surface area contributed by atoms with Crippen LogP contribution >= 0.6 is 0 Å². The van der Waals surface area contributed by atoms with Crippen LogP contribution in [-0.4, -0.2) is 45.2 Å². The average Bonchev–Trinajstić information content (AvgIpc) is 2.82. The zero-order valence-electron chi connectivity index (χ0n) is 17.5. The highest BCUT2D eigenvalue weighted by Gasteiger charge is 2.44. The van der Waals surface area contributed by atoms with E-state index in [4.69, 9.17) is 0 Å². The number of aliphatic hydroxyl groups is 1. The van der Waals surface area contributed by atoms with Gasteiger partial charge in [-0.2, -0.15) is 0 Å². The van der Waals surface area contributed by atoms with Gasteiger partial charge in [-0.05, 0) is 49.5 Å². The molecular weight excluding hydrogens is 384 g/mol. The number of hydrogen-bond acceptors (Lipinski definition) is 5. The van der Waals surface area contributed by atoms with Crippen molar-refractivity contribution in [1.82, 2.24) is 14.9 Å². The first-order chi connectivity index (χ1) is 15.2. The highest BCUT2D eigenvalue weighted by atomic mass is 16.3. The summed E-state index contributed by atoms with van der Waals surface area (Å²) in [6, 6.07) is 19.5. The van der Waals surface area contributed by atoms with E-state index in [1.807, 2.05) is 42.7 Å². The molecule has 156 valence electrons. The minimum atomic E-state index is -0.932. The molecule has 31 heavy (non-hydrogen) atoms. The smallest absolute Gasteiger partial charge is 0.142 e. The number of aromatic nitrogens is 2. The van der Waals surface area contributed by atoms with Crippen LogP contribution in [0.2, 0.25) is 0 Å². The van der Waals surface area contributed by atoms with Gasteiger partial charge in [0.15, 0.2) is 0 Å². The Morgan fingerprint density at radius 1 is 1.06 bits per heavy atom. The molecule has 5 nitrogen and oxygen atoms in total. The van der Waals surface area contributed by atoms with Crippen LogP contribution in [0.25, 0.3) is 11.1 Å². The summed E-state index contributed by atoms with van der Waals surface area (Å²) in [5.74, 6) is 4.11. The number of piperidine rings is 3. The van der Waals surface area contributed by atoms with Crippen LogP contribution in [0.15, 0.2) is 67.1 Å². The van der Waals surface area contributed by atoms with Crippen molar-refractivity contribution in [1.29, 1.82) is 0 Å². The molecule has 2 bridgehead atoms. The monoisotopic (exact) mass is 410 g/mol. The van der Waals surface area contributed by atoms with Crippen molar-refractivity contribution in [2.45, 2.75) is 24.9 Å². The number of pyridine rings is 2. The highest BCUT2D eigenvalue weighted by molar-refractivity contribution is 5.66. The Balaban J connectivity index is 1.42. The lowest BCUT2D eigenvalue weighted by Crippen LogP contribution is -2.58. The Labute approximate surface area is 183 Å². The van der Waals surface area contributed by atoms with E-state index in [-0.39, 0.29) is 5.92 Å². The highest BCUT2D eigenvalue weighted by Crippen LogP contribution is 2.35. The minimum absolute atomic E-state index is 0.261. The molecule has 5 heterocycles. The quantitative estimate of drug-likeness (QED) is 0.509. The molecule has 3 fully saturated rings. The molecule has 1 unspecified atom stereocenters. The maximum absolute atomic E-state index is 11.1. The van der Waals surface area contributed by atoms with E-state index >= 15 is 0 Å². The van der Waals surface area contributed by atoms with Gasteiger partial charge in [-0.15, -0.1) is 0 Å². The van der Waals surface area contributed by atoms with Gasteiger partial charge in [-0.25, -0.2) is 4.98 Å². The number of benzene rings is 1. The van der Waals surface area contributed by atoms with E-state index in [2.05, 4.69) is 50.3 Å². The first-order valence-electron chi connectivity index (χ1n) is 10.9. The zero-order chi connectivity index (χ0) is 21.1. The summed E-state index contributed by atoms with van der Waals surface area (Å²) in [6.45, 7) is 2.78. The second-order valence-corrected chi connectivity index (χ2v) is 8.49. The topological polar surface area (TPSA) is 61.3 Å². The maximum Gasteiger partial charge on any atom is 0.142 e. The lowest BCUT2D eigenvalue weighted by Gasteiger charge is -2.47.